The van der Waals surface area contributed by atoms with E-state index in [1.165, 1.54) is 6.07 Å². The number of aryl methyl sites for hydroxylation is 1. The maximum atomic E-state index is 11.3. The number of anilines is 1. The molecule has 1 heterocycles. The van der Waals surface area contributed by atoms with Crippen LogP contribution in [0, 0.1) is 6.92 Å². The first kappa shape index (κ1) is 13.0. The van der Waals surface area contributed by atoms with Crippen molar-refractivity contribution in [3.8, 4) is 0 Å². The first-order valence-electron chi connectivity index (χ1n) is 6.15. The monoisotopic (exact) mass is 256 g/mol. The van der Waals surface area contributed by atoms with Crippen LogP contribution >= 0.6 is 0 Å². The van der Waals surface area contributed by atoms with Gasteiger partial charge in [-0.05, 0) is 18.9 Å². The van der Waals surface area contributed by atoms with E-state index < -0.39 is 0 Å². The fraction of sp³-hybridized carbons (Fsp3) is 0.214. The molecule has 2 aromatic rings. The molecule has 98 valence electrons. The van der Waals surface area contributed by atoms with Gasteiger partial charge in [-0.2, -0.15) is 5.10 Å². The van der Waals surface area contributed by atoms with Gasteiger partial charge in [0.05, 0.1) is 5.71 Å². The first-order chi connectivity index (χ1) is 9.19. The topological polar surface area (TPSA) is 70.1 Å². The Morgan fingerprint density at radius 3 is 2.74 bits per heavy atom. The highest BCUT2D eigenvalue weighted by atomic mass is 16.1. The van der Waals surface area contributed by atoms with Crippen molar-refractivity contribution in [1.29, 1.82) is 0 Å². The molecule has 19 heavy (non-hydrogen) atoms. The van der Waals surface area contributed by atoms with Crippen LogP contribution in [0.2, 0.25) is 0 Å². The van der Waals surface area contributed by atoms with Crippen molar-refractivity contribution in [2.24, 2.45) is 5.10 Å². The standard InChI is InChI=1S/C14H16N4O/c1-3-12(11-7-5-4-6-8-11)17-18-14-15-10(2)9-13(19)16-14/h4-9H,3H2,1-2H3,(H2,15,16,18,19)/b17-12+. The highest BCUT2D eigenvalue weighted by Gasteiger charge is 2.01. The summed E-state index contributed by atoms with van der Waals surface area (Å²) < 4.78 is 0. The van der Waals surface area contributed by atoms with Crippen LogP contribution in [0.15, 0.2) is 46.3 Å². The van der Waals surface area contributed by atoms with Gasteiger partial charge in [0, 0.05) is 11.8 Å². The van der Waals surface area contributed by atoms with E-state index in [4.69, 9.17) is 0 Å². The van der Waals surface area contributed by atoms with Crippen molar-refractivity contribution in [2.45, 2.75) is 20.3 Å². The molecule has 0 unspecified atom stereocenters. The molecule has 0 amide bonds. The van der Waals surface area contributed by atoms with Gasteiger partial charge in [0.25, 0.3) is 5.56 Å². The number of nitrogens with one attached hydrogen (secondary N) is 2. The smallest absolute Gasteiger partial charge is 0.252 e. The summed E-state index contributed by atoms with van der Waals surface area (Å²) in [5.74, 6) is 0.354. The Morgan fingerprint density at radius 1 is 1.37 bits per heavy atom. The van der Waals surface area contributed by atoms with Crippen LogP contribution in [0.3, 0.4) is 0 Å². The van der Waals surface area contributed by atoms with Gasteiger partial charge in [-0.25, -0.2) is 10.4 Å². The molecule has 0 saturated carbocycles. The average molecular weight is 256 g/mol. The molecule has 5 heteroatoms. The molecule has 0 aliphatic rings. The first-order valence-corrected chi connectivity index (χ1v) is 6.15. The maximum Gasteiger partial charge on any atom is 0.252 e. The van der Waals surface area contributed by atoms with Gasteiger partial charge >= 0.3 is 0 Å². The Hall–Kier alpha value is -2.43. The van der Waals surface area contributed by atoms with Crippen molar-refractivity contribution in [2.75, 3.05) is 5.43 Å². The number of hydrogen-bond donors (Lipinski definition) is 2. The minimum Gasteiger partial charge on any atom is -0.291 e. The molecule has 0 aliphatic carbocycles. The Bertz CT molecular complexity index is 631. The third-order valence-corrected chi connectivity index (χ3v) is 2.61. The summed E-state index contributed by atoms with van der Waals surface area (Å²) in [5, 5.41) is 4.30. The molecule has 0 fully saturated rings. The van der Waals surface area contributed by atoms with Crippen LogP contribution in [0.1, 0.15) is 24.6 Å². The fourth-order valence-corrected chi connectivity index (χ4v) is 1.73. The van der Waals surface area contributed by atoms with Crippen LogP contribution in [-0.2, 0) is 0 Å². The summed E-state index contributed by atoms with van der Waals surface area (Å²) in [7, 11) is 0. The molecular formula is C14H16N4O. The lowest BCUT2D eigenvalue weighted by atomic mass is 10.1. The molecule has 0 bridgehead atoms. The molecule has 0 atom stereocenters. The normalized spacial score (nSPS) is 11.4. The van der Waals surface area contributed by atoms with Gasteiger partial charge in [-0.15, -0.1) is 0 Å². The number of aromatic amines is 1. The summed E-state index contributed by atoms with van der Waals surface area (Å²) in [6.45, 7) is 3.79. The van der Waals surface area contributed by atoms with Gasteiger partial charge in [0.1, 0.15) is 0 Å². The second-order valence-corrected chi connectivity index (χ2v) is 4.13. The molecule has 1 aromatic heterocycles. The van der Waals surface area contributed by atoms with Crippen molar-refractivity contribution in [1.82, 2.24) is 9.97 Å². The second kappa shape index (κ2) is 5.95. The summed E-state index contributed by atoms with van der Waals surface area (Å²) in [6.07, 6.45) is 0.785. The summed E-state index contributed by atoms with van der Waals surface area (Å²) in [5.41, 5.74) is 5.21. The van der Waals surface area contributed by atoms with Crippen molar-refractivity contribution in [3.63, 3.8) is 0 Å². The Labute approximate surface area is 111 Å². The highest BCUT2D eigenvalue weighted by Crippen LogP contribution is 2.05. The van der Waals surface area contributed by atoms with Crippen LogP contribution in [0.5, 0.6) is 0 Å². The molecular weight excluding hydrogens is 240 g/mol. The third-order valence-electron chi connectivity index (χ3n) is 2.61. The summed E-state index contributed by atoms with van der Waals surface area (Å²) in [6, 6.07) is 11.3. The zero-order valence-electron chi connectivity index (χ0n) is 11.0. The molecule has 0 saturated heterocycles. The number of rotatable bonds is 4. The highest BCUT2D eigenvalue weighted by molar-refractivity contribution is 6.00. The number of hydrazone groups is 1. The SMILES string of the molecule is CC/C(=N\Nc1nc(C)cc(=O)[nH]1)c1ccccc1. The van der Waals surface area contributed by atoms with E-state index >= 15 is 0 Å². The molecule has 2 N–H and O–H groups in total. The Balaban J connectivity index is 2.23. The van der Waals surface area contributed by atoms with E-state index in [9.17, 15) is 4.79 Å². The summed E-state index contributed by atoms with van der Waals surface area (Å²) in [4.78, 5) is 18.1. The van der Waals surface area contributed by atoms with Gasteiger partial charge in [0.15, 0.2) is 0 Å². The van der Waals surface area contributed by atoms with Crippen LogP contribution < -0.4 is 11.0 Å². The van der Waals surface area contributed by atoms with E-state index in [-0.39, 0.29) is 5.56 Å². The molecule has 0 radical (unpaired) electrons. The third kappa shape index (κ3) is 3.51. The predicted octanol–water partition coefficient (Wildman–Crippen LogP) is 2.30. The van der Waals surface area contributed by atoms with Gasteiger partial charge in [-0.1, -0.05) is 37.3 Å². The van der Waals surface area contributed by atoms with E-state index in [0.717, 1.165) is 17.7 Å². The van der Waals surface area contributed by atoms with Crippen molar-refractivity contribution >= 4 is 11.7 Å². The number of benzene rings is 1. The lowest BCUT2D eigenvalue weighted by Gasteiger charge is -2.05. The van der Waals surface area contributed by atoms with Gasteiger partial charge in [0.2, 0.25) is 5.95 Å². The van der Waals surface area contributed by atoms with Crippen LogP contribution in [0.25, 0.3) is 0 Å². The zero-order chi connectivity index (χ0) is 13.7. The lowest BCUT2D eigenvalue weighted by molar-refractivity contribution is 1.04. The van der Waals surface area contributed by atoms with E-state index in [2.05, 4.69) is 20.5 Å². The van der Waals surface area contributed by atoms with E-state index in [0.29, 0.717) is 11.6 Å². The van der Waals surface area contributed by atoms with Gasteiger partial charge in [-0.3, -0.25) is 9.78 Å². The van der Waals surface area contributed by atoms with Crippen LogP contribution in [0.4, 0.5) is 5.95 Å². The zero-order valence-corrected chi connectivity index (χ0v) is 11.0. The van der Waals surface area contributed by atoms with E-state index in [1.807, 2.05) is 37.3 Å². The molecule has 2 rings (SSSR count). The predicted molar refractivity (Wildman–Crippen MR) is 76.5 cm³/mol. The molecule has 0 spiro atoms. The minimum absolute atomic E-state index is 0.192. The minimum atomic E-state index is -0.192. The molecule has 0 aliphatic heterocycles. The van der Waals surface area contributed by atoms with Crippen molar-refractivity contribution < 1.29 is 0 Å². The average Bonchev–Trinajstić information content (AvgIpc) is 2.39. The Morgan fingerprint density at radius 2 is 2.11 bits per heavy atom. The molecule has 1 aromatic carbocycles. The molecule has 5 nitrogen and oxygen atoms in total. The number of hydrogen-bond acceptors (Lipinski definition) is 4. The number of nitrogens with zero attached hydrogens (tertiary/aromatic N) is 2. The number of aromatic nitrogens is 2. The van der Waals surface area contributed by atoms with Crippen LogP contribution in [-0.4, -0.2) is 15.7 Å². The van der Waals surface area contributed by atoms with E-state index in [1.54, 1.807) is 6.92 Å². The summed E-state index contributed by atoms with van der Waals surface area (Å²) >= 11 is 0. The maximum absolute atomic E-state index is 11.3. The second-order valence-electron chi connectivity index (χ2n) is 4.13. The fourth-order valence-electron chi connectivity index (χ4n) is 1.73. The van der Waals surface area contributed by atoms with Crippen molar-refractivity contribution in [3.05, 3.63) is 58.0 Å². The quantitative estimate of drug-likeness (QED) is 0.651. The Kier molecular flexibility index (Phi) is 4.07. The largest absolute Gasteiger partial charge is 0.291 e. The lowest BCUT2D eigenvalue weighted by Crippen LogP contribution is -2.11. The van der Waals surface area contributed by atoms with Gasteiger partial charge < -0.3 is 0 Å². The number of H-pyrrole nitrogens is 1.